The molecule has 1 aliphatic rings. The molecule has 1 fully saturated rings. The van der Waals surface area contributed by atoms with Crippen LogP contribution in [0.3, 0.4) is 0 Å². The molecule has 1 amide bonds. The van der Waals surface area contributed by atoms with Crippen LogP contribution in [0.2, 0.25) is 0 Å². The smallest absolute Gasteiger partial charge is 0.243 e. The van der Waals surface area contributed by atoms with E-state index in [1.54, 1.807) is 0 Å². The quantitative estimate of drug-likeness (QED) is 0.776. The minimum absolute atomic E-state index is 0.274. The number of rotatable bonds is 8. The van der Waals surface area contributed by atoms with Gasteiger partial charge in [-0.3, -0.25) is 10.1 Å². The van der Waals surface area contributed by atoms with Crippen LogP contribution in [0, 0.1) is 5.92 Å². The number of hydrogen-bond donors (Lipinski definition) is 2. The highest BCUT2D eigenvalue weighted by atomic mass is 32.2. The Hall–Kier alpha value is -1.00. The highest BCUT2D eigenvalue weighted by Crippen LogP contribution is 2.33. The van der Waals surface area contributed by atoms with Crippen molar-refractivity contribution in [2.45, 2.75) is 50.4 Å². The van der Waals surface area contributed by atoms with Gasteiger partial charge in [0, 0.05) is 17.0 Å². The van der Waals surface area contributed by atoms with Crippen LogP contribution < -0.4 is 11.1 Å². The molecule has 1 aliphatic carbocycles. The normalized spacial score (nSPS) is 19.2. The zero-order valence-electron chi connectivity index (χ0n) is 13.1. The fourth-order valence-electron chi connectivity index (χ4n) is 2.24. The number of amides is 1. The Kier molecular flexibility index (Phi) is 5.33. The highest BCUT2D eigenvalue weighted by Gasteiger charge is 2.42. The zero-order chi connectivity index (χ0) is 15.5. The molecular weight excluding hydrogens is 280 g/mol. The van der Waals surface area contributed by atoms with Gasteiger partial charge >= 0.3 is 0 Å². The molecule has 1 saturated carbocycles. The van der Waals surface area contributed by atoms with Gasteiger partial charge in [-0.1, -0.05) is 51.1 Å². The van der Waals surface area contributed by atoms with Gasteiger partial charge in [0.1, 0.15) is 5.54 Å². The maximum Gasteiger partial charge on any atom is 0.243 e. The summed E-state index contributed by atoms with van der Waals surface area (Å²) in [5.74, 6) is 0.990. The maximum atomic E-state index is 12.3. The molecule has 2 rings (SSSR count). The molecule has 0 aromatic heterocycles. The van der Waals surface area contributed by atoms with Gasteiger partial charge in [-0.15, -0.1) is 0 Å². The Morgan fingerprint density at radius 1 is 1.33 bits per heavy atom. The number of hydrogen-bond acceptors (Lipinski definition) is 3. The summed E-state index contributed by atoms with van der Waals surface area (Å²) in [5.41, 5.74) is 6.05. The molecule has 2 unspecified atom stereocenters. The van der Waals surface area contributed by atoms with E-state index in [0.29, 0.717) is 23.0 Å². The van der Waals surface area contributed by atoms with E-state index in [2.05, 4.69) is 26.1 Å². The van der Waals surface area contributed by atoms with Gasteiger partial charge in [0.2, 0.25) is 5.91 Å². The molecule has 3 nitrogen and oxygen atoms in total. The Bertz CT molecular complexity index is 473. The minimum Gasteiger partial charge on any atom is -0.368 e. The molecule has 0 spiro atoms. The number of carbonyl (C=O) groups is 1. The predicted octanol–water partition coefficient (Wildman–Crippen LogP) is 2.90. The van der Waals surface area contributed by atoms with Crippen LogP contribution in [0.1, 0.15) is 39.2 Å². The van der Waals surface area contributed by atoms with E-state index in [-0.39, 0.29) is 5.91 Å². The molecule has 0 saturated heterocycles. The molecule has 0 bridgehead atoms. The molecule has 116 valence electrons. The first-order valence-electron chi connectivity index (χ1n) is 7.70. The monoisotopic (exact) mass is 306 g/mol. The Balaban J connectivity index is 2.25. The molecule has 4 heteroatoms. The van der Waals surface area contributed by atoms with E-state index >= 15 is 0 Å². The van der Waals surface area contributed by atoms with Crippen LogP contribution in [0.5, 0.6) is 0 Å². The first-order valence-corrected chi connectivity index (χ1v) is 8.75. The topological polar surface area (TPSA) is 55.1 Å². The van der Waals surface area contributed by atoms with E-state index < -0.39 is 5.54 Å². The zero-order valence-corrected chi connectivity index (χ0v) is 14.0. The van der Waals surface area contributed by atoms with Gasteiger partial charge in [0.15, 0.2) is 0 Å². The van der Waals surface area contributed by atoms with Crippen LogP contribution in [-0.4, -0.2) is 23.0 Å². The number of nitrogens with two attached hydrogens (primary N) is 1. The second kappa shape index (κ2) is 6.84. The average Bonchev–Trinajstić information content (AvgIpc) is 3.27. The van der Waals surface area contributed by atoms with E-state index in [9.17, 15) is 4.79 Å². The Morgan fingerprint density at radius 3 is 2.43 bits per heavy atom. The van der Waals surface area contributed by atoms with Gasteiger partial charge in [-0.05, 0) is 24.3 Å². The van der Waals surface area contributed by atoms with Crippen molar-refractivity contribution in [2.75, 3.05) is 5.75 Å². The van der Waals surface area contributed by atoms with E-state index in [4.69, 9.17) is 5.73 Å². The lowest BCUT2D eigenvalue weighted by Crippen LogP contribution is -2.55. The van der Waals surface area contributed by atoms with Gasteiger partial charge in [-0.25, -0.2) is 0 Å². The fraction of sp³-hybridized carbons (Fsp3) is 0.588. The second-order valence-corrected chi connectivity index (χ2v) is 7.68. The molecule has 1 aromatic carbocycles. The largest absolute Gasteiger partial charge is 0.368 e. The SMILES string of the molecule is CC(C)C(C)SCC(NC1CC1)(C(N)=O)c1ccccc1. The summed E-state index contributed by atoms with van der Waals surface area (Å²) < 4.78 is 0. The summed E-state index contributed by atoms with van der Waals surface area (Å²) in [7, 11) is 0. The summed E-state index contributed by atoms with van der Waals surface area (Å²) >= 11 is 1.82. The first-order chi connectivity index (χ1) is 9.95. The summed E-state index contributed by atoms with van der Waals surface area (Å²) in [6.07, 6.45) is 2.26. The Morgan fingerprint density at radius 2 is 1.95 bits per heavy atom. The number of thioether (sulfide) groups is 1. The first kappa shape index (κ1) is 16.4. The summed E-state index contributed by atoms with van der Waals surface area (Å²) in [6.45, 7) is 6.63. The van der Waals surface area contributed by atoms with Crippen LogP contribution in [0.4, 0.5) is 0 Å². The van der Waals surface area contributed by atoms with E-state index in [0.717, 1.165) is 18.4 Å². The van der Waals surface area contributed by atoms with Crippen molar-refractivity contribution in [1.82, 2.24) is 5.32 Å². The summed E-state index contributed by atoms with van der Waals surface area (Å²) in [6, 6.07) is 10.3. The molecule has 0 radical (unpaired) electrons. The third kappa shape index (κ3) is 4.01. The number of benzene rings is 1. The maximum absolute atomic E-state index is 12.3. The van der Waals surface area contributed by atoms with Crippen molar-refractivity contribution in [1.29, 1.82) is 0 Å². The third-order valence-electron chi connectivity index (χ3n) is 4.22. The van der Waals surface area contributed by atoms with Crippen molar-refractivity contribution in [3.05, 3.63) is 35.9 Å². The molecule has 21 heavy (non-hydrogen) atoms. The van der Waals surface area contributed by atoms with Crippen LogP contribution in [-0.2, 0) is 10.3 Å². The lowest BCUT2D eigenvalue weighted by molar-refractivity contribution is -0.124. The number of primary amides is 1. The highest BCUT2D eigenvalue weighted by molar-refractivity contribution is 8.00. The van der Waals surface area contributed by atoms with Gasteiger partial charge in [0.05, 0.1) is 0 Å². The molecular formula is C17H26N2OS. The van der Waals surface area contributed by atoms with Crippen molar-refractivity contribution >= 4 is 17.7 Å². The minimum atomic E-state index is -0.754. The summed E-state index contributed by atoms with van der Waals surface area (Å²) in [4.78, 5) is 12.3. The molecule has 2 atom stereocenters. The number of carbonyl (C=O) groups excluding carboxylic acids is 1. The van der Waals surface area contributed by atoms with Crippen molar-refractivity contribution < 1.29 is 4.79 Å². The van der Waals surface area contributed by atoms with E-state index in [1.807, 2.05) is 42.1 Å². The number of nitrogens with one attached hydrogen (secondary N) is 1. The Labute approximate surface area is 132 Å². The van der Waals surface area contributed by atoms with Crippen molar-refractivity contribution in [2.24, 2.45) is 11.7 Å². The lowest BCUT2D eigenvalue weighted by atomic mass is 9.90. The summed E-state index contributed by atoms with van der Waals surface area (Å²) in [5, 5.41) is 4.01. The third-order valence-corrected chi connectivity index (χ3v) is 5.89. The molecule has 1 aromatic rings. The molecule has 0 heterocycles. The van der Waals surface area contributed by atoms with Crippen LogP contribution >= 0.6 is 11.8 Å². The van der Waals surface area contributed by atoms with Gasteiger partial charge in [-0.2, -0.15) is 11.8 Å². The second-order valence-electron chi connectivity index (χ2n) is 6.31. The standard InChI is InChI=1S/C17H26N2OS/c1-12(2)13(3)21-11-17(16(18)20,19-15-9-10-15)14-7-5-4-6-8-14/h4-8,12-13,15,19H,9-11H2,1-3H3,(H2,18,20). The van der Waals surface area contributed by atoms with Crippen LogP contribution in [0.15, 0.2) is 30.3 Å². The predicted molar refractivity (Wildman–Crippen MR) is 90.2 cm³/mol. The van der Waals surface area contributed by atoms with Gasteiger partial charge < -0.3 is 5.73 Å². The van der Waals surface area contributed by atoms with E-state index in [1.165, 1.54) is 0 Å². The molecule has 3 N–H and O–H groups in total. The molecule has 0 aliphatic heterocycles. The van der Waals surface area contributed by atoms with Crippen LogP contribution in [0.25, 0.3) is 0 Å². The van der Waals surface area contributed by atoms with Crippen molar-refractivity contribution in [3.8, 4) is 0 Å². The van der Waals surface area contributed by atoms with Gasteiger partial charge in [0.25, 0.3) is 0 Å². The fourth-order valence-corrected chi connectivity index (χ4v) is 3.53. The van der Waals surface area contributed by atoms with Crippen molar-refractivity contribution in [3.63, 3.8) is 0 Å². The lowest BCUT2D eigenvalue weighted by Gasteiger charge is -2.33. The average molecular weight is 306 g/mol.